The summed E-state index contributed by atoms with van der Waals surface area (Å²) in [6.45, 7) is 0. The molecule has 37 heavy (non-hydrogen) atoms. The second kappa shape index (κ2) is 9.32. The number of ketones is 1. The van der Waals surface area contributed by atoms with Gasteiger partial charge in [-0.05, 0) is 42.0 Å². The van der Waals surface area contributed by atoms with Crippen LogP contribution in [-0.2, 0) is 0 Å². The van der Waals surface area contributed by atoms with E-state index >= 15 is 0 Å². The molecule has 6 nitrogen and oxygen atoms in total. The number of aldehydes is 1. The third-order valence-corrected chi connectivity index (χ3v) is 6.79. The SMILES string of the molecule is COc1ccc(-c2c([C@@H]3Nc4ccccc4O[C@H]3C(=O)c3ccccc3)c3ccccn3c2C=O)cc1. The van der Waals surface area contributed by atoms with E-state index in [2.05, 4.69) is 5.32 Å². The summed E-state index contributed by atoms with van der Waals surface area (Å²) in [5, 5.41) is 3.58. The van der Waals surface area contributed by atoms with Crippen LogP contribution in [0.25, 0.3) is 16.6 Å². The standard InChI is InChI=1S/C31H24N2O4/c1-36-22-16-14-20(15-17-22)27-25(19-34)33-18-8-7-12-24(33)28(27)29-31(30(35)21-9-3-2-4-10-21)37-26-13-6-5-11-23(26)32-29/h2-19,29,31-32H,1H3/t29-,31+/m0/s1. The van der Waals surface area contributed by atoms with Gasteiger partial charge in [-0.25, -0.2) is 0 Å². The minimum absolute atomic E-state index is 0.142. The first kappa shape index (κ1) is 22.6. The van der Waals surface area contributed by atoms with Gasteiger partial charge >= 0.3 is 0 Å². The maximum Gasteiger partial charge on any atom is 0.205 e. The normalized spacial score (nSPS) is 16.4. The Bertz CT molecular complexity index is 1610. The topological polar surface area (TPSA) is 69.0 Å². The highest BCUT2D eigenvalue weighted by Crippen LogP contribution is 2.44. The smallest absolute Gasteiger partial charge is 0.205 e. The van der Waals surface area contributed by atoms with Gasteiger partial charge in [0, 0.05) is 22.9 Å². The van der Waals surface area contributed by atoms with Crippen molar-refractivity contribution in [3.8, 4) is 22.6 Å². The molecule has 0 amide bonds. The molecule has 0 spiro atoms. The molecule has 0 fully saturated rings. The van der Waals surface area contributed by atoms with E-state index in [1.807, 2.05) is 95.5 Å². The number of nitrogens with zero attached hydrogens (tertiary/aromatic N) is 1. The molecule has 0 saturated heterocycles. The number of hydrogen-bond donors (Lipinski definition) is 1. The molecule has 3 heterocycles. The Morgan fingerprint density at radius 2 is 1.65 bits per heavy atom. The van der Waals surface area contributed by atoms with E-state index in [0.29, 0.717) is 22.8 Å². The van der Waals surface area contributed by atoms with Crippen LogP contribution in [-0.4, -0.2) is 29.7 Å². The Morgan fingerprint density at radius 1 is 0.919 bits per heavy atom. The molecule has 182 valence electrons. The molecular weight excluding hydrogens is 464 g/mol. The van der Waals surface area contributed by atoms with Gasteiger partial charge in [-0.1, -0.05) is 60.7 Å². The molecule has 2 atom stereocenters. The number of nitrogens with one attached hydrogen (secondary N) is 1. The van der Waals surface area contributed by atoms with E-state index in [0.717, 1.165) is 34.2 Å². The lowest BCUT2D eigenvalue weighted by Gasteiger charge is -2.35. The summed E-state index contributed by atoms with van der Waals surface area (Å²) in [6, 6.07) is 29.5. The van der Waals surface area contributed by atoms with Crippen LogP contribution < -0.4 is 14.8 Å². The molecule has 1 aliphatic rings. The van der Waals surface area contributed by atoms with Crippen molar-refractivity contribution < 1.29 is 19.1 Å². The minimum atomic E-state index is -0.861. The molecule has 0 saturated carbocycles. The van der Waals surface area contributed by atoms with Gasteiger partial charge in [0.05, 0.1) is 30.0 Å². The average molecular weight is 489 g/mol. The number of pyridine rings is 1. The van der Waals surface area contributed by atoms with Gasteiger partial charge in [0.15, 0.2) is 12.4 Å². The lowest BCUT2D eigenvalue weighted by molar-refractivity contribution is 0.0746. The fourth-order valence-corrected chi connectivity index (χ4v) is 5.08. The number of carbonyl (C=O) groups is 2. The second-order valence-corrected chi connectivity index (χ2v) is 8.86. The van der Waals surface area contributed by atoms with Crippen LogP contribution in [0.4, 0.5) is 5.69 Å². The fraction of sp³-hybridized carbons (Fsp3) is 0.0968. The first-order valence-electron chi connectivity index (χ1n) is 12.0. The van der Waals surface area contributed by atoms with E-state index < -0.39 is 12.1 Å². The number of carbonyl (C=O) groups excluding carboxylic acids is 2. The first-order valence-corrected chi connectivity index (χ1v) is 12.0. The van der Waals surface area contributed by atoms with Gasteiger partial charge < -0.3 is 19.2 Å². The van der Waals surface area contributed by atoms with Crippen molar-refractivity contribution in [2.75, 3.05) is 12.4 Å². The van der Waals surface area contributed by atoms with Crippen molar-refractivity contribution in [3.05, 3.63) is 120 Å². The van der Waals surface area contributed by atoms with Gasteiger partial charge in [-0.2, -0.15) is 0 Å². The van der Waals surface area contributed by atoms with Crippen LogP contribution in [0, 0.1) is 0 Å². The lowest BCUT2D eigenvalue weighted by atomic mass is 9.88. The van der Waals surface area contributed by atoms with Crippen molar-refractivity contribution >= 4 is 23.3 Å². The highest BCUT2D eigenvalue weighted by Gasteiger charge is 2.40. The van der Waals surface area contributed by atoms with E-state index in [4.69, 9.17) is 9.47 Å². The molecular formula is C31H24N2O4. The molecule has 0 aliphatic carbocycles. The number of aromatic nitrogens is 1. The summed E-state index contributed by atoms with van der Waals surface area (Å²) in [5.74, 6) is 1.18. The van der Waals surface area contributed by atoms with Crippen LogP contribution >= 0.6 is 0 Å². The largest absolute Gasteiger partial charge is 0.497 e. The number of ether oxygens (including phenoxy) is 2. The Balaban J connectivity index is 1.61. The molecule has 6 heteroatoms. The summed E-state index contributed by atoms with van der Waals surface area (Å²) in [6.07, 6.45) is 1.86. The number of para-hydroxylation sites is 2. The van der Waals surface area contributed by atoms with E-state index in [-0.39, 0.29) is 5.78 Å². The number of rotatable bonds is 6. The van der Waals surface area contributed by atoms with Gasteiger partial charge in [-0.3, -0.25) is 9.59 Å². The number of fused-ring (bicyclic) bond motifs is 2. The molecule has 0 unspecified atom stereocenters. The number of benzene rings is 3. The third kappa shape index (κ3) is 3.83. The molecule has 1 aliphatic heterocycles. The molecule has 3 aromatic carbocycles. The third-order valence-electron chi connectivity index (χ3n) is 6.79. The molecule has 0 bridgehead atoms. The lowest BCUT2D eigenvalue weighted by Crippen LogP contribution is -2.41. The number of methoxy groups -OCH3 is 1. The Hall–Kier alpha value is -4.84. The monoisotopic (exact) mass is 488 g/mol. The van der Waals surface area contributed by atoms with Gasteiger partial charge in [0.2, 0.25) is 5.78 Å². The minimum Gasteiger partial charge on any atom is -0.497 e. The van der Waals surface area contributed by atoms with Crippen molar-refractivity contribution in [1.29, 1.82) is 0 Å². The van der Waals surface area contributed by atoms with E-state index in [1.165, 1.54) is 0 Å². The molecule has 0 radical (unpaired) electrons. The van der Waals surface area contributed by atoms with Crippen LogP contribution in [0.2, 0.25) is 0 Å². The Labute approximate surface area is 214 Å². The summed E-state index contributed by atoms with van der Waals surface area (Å²) in [5.41, 5.74) is 5.07. The quantitative estimate of drug-likeness (QED) is 0.227. The average Bonchev–Trinajstić information content (AvgIpc) is 3.30. The highest BCUT2D eigenvalue weighted by molar-refractivity contribution is 6.02. The van der Waals surface area contributed by atoms with Crippen LogP contribution in [0.3, 0.4) is 0 Å². The zero-order valence-corrected chi connectivity index (χ0v) is 20.1. The van der Waals surface area contributed by atoms with Gasteiger partial charge in [0.25, 0.3) is 0 Å². The molecule has 6 rings (SSSR count). The zero-order valence-electron chi connectivity index (χ0n) is 20.1. The van der Waals surface area contributed by atoms with Crippen molar-refractivity contribution in [1.82, 2.24) is 4.40 Å². The van der Waals surface area contributed by atoms with Crippen molar-refractivity contribution in [3.63, 3.8) is 0 Å². The number of hydrogen-bond acceptors (Lipinski definition) is 5. The molecule has 5 aromatic rings. The maximum atomic E-state index is 13.9. The maximum absolute atomic E-state index is 13.9. The second-order valence-electron chi connectivity index (χ2n) is 8.86. The molecule has 2 aromatic heterocycles. The van der Waals surface area contributed by atoms with Crippen molar-refractivity contribution in [2.24, 2.45) is 0 Å². The predicted molar refractivity (Wildman–Crippen MR) is 143 cm³/mol. The molecule has 1 N–H and O–H groups in total. The van der Waals surface area contributed by atoms with Crippen LogP contribution in [0.15, 0.2) is 103 Å². The van der Waals surface area contributed by atoms with Gasteiger partial charge in [-0.15, -0.1) is 0 Å². The van der Waals surface area contributed by atoms with Crippen LogP contribution in [0.5, 0.6) is 11.5 Å². The summed E-state index contributed by atoms with van der Waals surface area (Å²) >= 11 is 0. The Morgan fingerprint density at radius 3 is 2.41 bits per heavy atom. The van der Waals surface area contributed by atoms with Gasteiger partial charge in [0.1, 0.15) is 11.5 Å². The van der Waals surface area contributed by atoms with Crippen molar-refractivity contribution in [2.45, 2.75) is 12.1 Å². The number of Topliss-reactive ketones (excluding diaryl/α,β-unsaturated/α-hetero) is 1. The Kier molecular flexibility index (Phi) is 5.69. The van der Waals surface area contributed by atoms with E-state index in [1.54, 1.807) is 19.2 Å². The number of anilines is 1. The first-order chi connectivity index (χ1) is 18.2. The summed E-state index contributed by atoms with van der Waals surface area (Å²) < 4.78 is 13.6. The van der Waals surface area contributed by atoms with Crippen LogP contribution in [0.1, 0.15) is 32.5 Å². The highest BCUT2D eigenvalue weighted by atomic mass is 16.5. The summed E-state index contributed by atoms with van der Waals surface area (Å²) in [4.78, 5) is 26.4. The predicted octanol–water partition coefficient (Wildman–Crippen LogP) is 6.22. The zero-order chi connectivity index (χ0) is 25.4. The fourth-order valence-electron chi connectivity index (χ4n) is 5.08. The van der Waals surface area contributed by atoms with E-state index in [9.17, 15) is 9.59 Å². The summed E-state index contributed by atoms with van der Waals surface area (Å²) in [7, 11) is 1.62.